The molecule has 0 amide bonds. The minimum Gasteiger partial charge on any atom is -0.394 e. The zero-order valence-corrected chi connectivity index (χ0v) is 9.38. The smallest absolute Gasteiger partial charge is 0.0621 e. The van der Waals surface area contributed by atoms with Crippen LogP contribution >= 0.6 is 0 Å². The molecule has 3 N–H and O–H groups in total. The van der Waals surface area contributed by atoms with Crippen molar-refractivity contribution in [3.63, 3.8) is 0 Å². The van der Waals surface area contributed by atoms with Gasteiger partial charge in [0.25, 0.3) is 0 Å². The molecule has 0 aliphatic rings. The van der Waals surface area contributed by atoms with Gasteiger partial charge in [-0.3, -0.25) is 0 Å². The second-order valence-electron chi connectivity index (χ2n) is 4.73. The van der Waals surface area contributed by atoms with E-state index in [1.165, 1.54) is 6.42 Å². The molecule has 0 aliphatic heterocycles. The van der Waals surface area contributed by atoms with Crippen LogP contribution in [0.4, 0.5) is 0 Å². The number of hydrogen-bond acceptors (Lipinski definition) is 3. The van der Waals surface area contributed by atoms with E-state index in [-0.39, 0.29) is 6.61 Å². The van der Waals surface area contributed by atoms with Gasteiger partial charge in [-0.25, -0.2) is 0 Å². The van der Waals surface area contributed by atoms with Crippen LogP contribution in [0.2, 0.25) is 0 Å². The van der Waals surface area contributed by atoms with Crippen molar-refractivity contribution in [2.45, 2.75) is 32.7 Å². The zero-order valence-electron chi connectivity index (χ0n) is 9.38. The summed E-state index contributed by atoms with van der Waals surface area (Å²) in [6.45, 7) is 8.13. The fraction of sp³-hybridized carbons (Fsp3) is 1.00. The molecule has 0 heterocycles. The second kappa shape index (κ2) is 5.58. The summed E-state index contributed by atoms with van der Waals surface area (Å²) in [6.07, 6.45) is 1.18. The van der Waals surface area contributed by atoms with Gasteiger partial charge in [0.05, 0.1) is 6.61 Å². The molecule has 0 aliphatic carbocycles. The number of likely N-dealkylation sites (N-methyl/N-ethyl adjacent to an activating group) is 1. The maximum atomic E-state index is 8.97. The Labute approximate surface area is 81.9 Å². The molecule has 1 atom stereocenters. The highest BCUT2D eigenvalue weighted by molar-refractivity contribution is 4.80. The van der Waals surface area contributed by atoms with E-state index in [4.69, 9.17) is 10.8 Å². The molecule has 0 aromatic heterocycles. The minimum absolute atomic E-state index is 0.0407. The van der Waals surface area contributed by atoms with Gasteiger partial charge >= 0.3 is 0 Å². The van der Waals surface area contributed by atoms with Crippen LogP contribution in [0.5, 0.6) is 0 Å². The summed E-state index contributed by atoms with van der Waals surface area (Å²) >= 11 is 0. The van der Waals surface area contributed by atoms with Gasteiger partial charge in [0, 0.05) is 12.1 Å². The molecule has 0 saturated carbocycles. The SMILES string of the molecule is CC(C)CCN(C)CC(C)(N)CO. The van der Waals surface area contributed by atoms with E-state index in [1.54, 1.807) is 0 Å². The molecule has 0 aromatic carbocycles. The van der Waals surface area contributed by atoms with Gasteiger partial charge in [-0.2, -0.15) is 0 Å². The van der Waals surface area contributed by atoms with Crippen molar-refractivity contribution >= 4 is 0 Å². The Bertz CT molecular complexity index is 135. The molecular weight excluding hydrogens is 164 g/mol. The highest BCUT2D eigenvalue weighted by atomic mass is 16.3. The standard InChI is InChI=1S/C10H24N2O/c1-9(2)5-6-12(4)7-10(3,11)8-13/h9,13H,5-8,11H2,1-4H3. The quantitative estimate of drug-likeness (QED) is 0.644. The fourth-order valence-corrected chi connectivity index (χ4v) is 1.22. The Balaban J connectivity index is 3.67. The highest BCUT2D eigenvalue weighted by Gasteiger charge is 2.18. The topological polar surface area (TPSA) is 49.5 Å². The van der Waals surface area contributed by atoms with Gasteiger partial charge in [0.1, 0.15) is 0 Å². The van der Waals surface area contributed by atoms with E-state index in [1.807, 2.05) is 14.0 Å². The maximum absolute atomic E-state index is 8.97. The van der Waals surface area contributed by atoms with Crippen molar-refractivity contribution in [2.24, 2.45) is 11.7 Å². The lowest BCUT2D eigenvalue weighted by Crippen LogP contribution is -2.49. The Morgan fingerprint density at radius 3 is 2.38 bits per heavy atom. The Morgan fingerprint density at radius 2 is 2.00 bits per heavy atom. The van der Waals surface area contributed by atoms with Crippen molar-refractivity contribution in [3.05, 3.63) is 0 Å². The van der Waals surface area contributed by atoms with E-state index in [0.29, 0.717) is 0 Å². The predicted molar refractivity (Wildman–Crippen MR) is 56.6 cm³/mol. The summed E-state index contributed by atoms with van der Waals surface area (Å²) in [5, 5.41) is 8.97. The van der Waals surface area contributed by atoms with Crippen molar-refractivity contribution in [1.82, 2.24) is 4.90 Å². The maximum Gasteiger partial charge on any atom is 0.0621 e. The number of aliphatic hydroxyl groups excluding tert-OH is 1. The summed E-state index contributed by atoms with van der Waals surface area (Å²) in [5.41, 5.74) is 5.37. The van der Waals surface area contributed by atoms with E-state index >= 15 is 0 Å². The first-order chi connectivity index (χ1) is 5.87. The van der Waals surface area contributed by atoms with Crippen LogP contribution in [-0.2, 0) is 0 Å². The van der Waals surface area contributed by atoms with Crippen LogP contribution in [0, 0.1) is 5.92 Å². The lowest BCUT2D eigenvalue weighted by Gasteiger charge is -2.28. The highest BCUT2D eigenvalue weighted by Crippen LogP contribution is 2.04. The number of hydrogen-bond donors (Lipinski definition) is 2. The fourth-order valence-electron chi connectivity index (χ4n) is 1.22. The number of rotatable bonds is 6. The average Bonchev–Trinajstić information content (AvgIpc) is 2.00. The molecule has 80 valence electrons. The van der Waals surface area contributed by atoms with E-state index < -0.39 is 5.54 Å². The van der Waals surface area contributed by atoms with Gasteiger partial charge in [0.15, 0.2) is 0 Å². The van der Waals surface area contributed by atoms with E-state index in [9.17, 15) is 0 Å². The zero-order chi connectivity index (χ0) is 10.5. The molecule has 13 heavy (non-hydrogen) atoms. The number of nitrogens with two attached hydrogens (primary N) is 1. The molecule has 0 fully saturated rings. The van der Waals surface area contributed by atoms with Crippen molar-refractivity contribution in [1.29, 1.82) is 0 Å². The van der Waals surface area contributed by atoms with Crippen molar-refractivity contribution in [2.75, 3.05) is 26.7 Å². The van der Waals surface area contributed by atoms with Gasteiger partial charge < -0.3 is 15.7 Å². The Hall–Kier alpha value is -0.120. The van der Waals surface area contributed by atoms with Gasteiger partial charge in [-0.05, 0) is 32.9 Å². The van der Waals surface area contributed by atoms with Crippen LogP contribution in [0.15, 0.2) is 0 Å². The molecule has 3 heteroatoms. The molecule has 0 radical (unpaired) electrons. The minimum atomic E-state index is -0.467. The number of aliphatic hydroxyl groups is 1. The first kappa shape index (κ1) is 12.9. The summed E-state index contributed by atoms with van der Waals surface area (Å²) in [6, 6.07) is 0. The monoisotopic (exact) mass is 188 g/mol. The van der Waals surface area contributed by atoms with Gasteiger partial charge in [-0.1, -0.05) is 13.8 Å². The van der Waals surface area contributed by atoms with E-state index in [2.05, 4.69) is 18.7 Å². The largest absolute Gasteiger partial charge is 0.394 e. The van der Waals surface area contributed by atoms with Crippen molar-refractivity contribution in [3.8, 4) is 0 Å². The number of nitrogens with zero attached hydrogens (tertiary/aromatic N) is 1. The summed E-state index contributed by atoms with van der Waals surface area (Å²) in [7, 11) is 2.04. The summed E-state index contributed by atoms with van der Waals surface area (Å²) < 4.78 is 0. The molecular formula is C10H24N2O. The third-order valence-corrected chi connectivity index (χ3v) is 2.08. The van der Waals surface area contributed by atoms with Crippen LogP contribution < -0.4 is 5.73 Å². The molecule has 0 saturated heterocycles. The lowest BCUT2D eigenvalue weighted by molar-refractivity contribution is 0.160. The van der Waals surface area contributed by atoms with Crippen LogP contribution in [0.1, 0.15) is 27.2 Å². The molecule has 0 aromatic rings. The van der Waals surface area contributed by atoms with Crippen molar-refractivity contribution < 1.29 is 5.11 Å². The van der Waals surface area contributed by atoms with Gasteiger partial charge in [0.2, 0.25) is 0 Å². The summed E-state index contributed by atoms with van der Waals surface area (Å²) in [5.74, 6) is 0.723. The Kier molecular flexibility index (Phi) is 5.53. The third-order valence-electron chi connectivity index (χ3n) is 2.08. The normalized spacial score (nSPS) is 16.6. The molecule has 1 unspecified atom stereocenters. The molecule has 0 bridgehead atoms. The first-order valence-corrected chi connectivity index (χ1v) is 4.95. The van der Waals surface area contributed by atoms with Gasteiger partial charge in [-0.15, -0.1) is 0 Å². The Morgan fingerprint density at radius 1 is 1.46 bits per heavy atom. The van der Waals surface area contributed by atoms with Crippen LogP contribution in [0.3, 0.4) is 0 Å². The van der Waals surface area contributed by atoms with Crippen LogP contribution in [0.25, 0.3) is 0 Å². The third kappa shape index (κ3) is 6.99. The molecule has 3 nitrogen and oxygen atoms in total. The van der Waals surface area contributed by atoms with Crippen LogP contribution in [-0.4, -0.2) is 42.3 Å². The molecule has 0 rings (SSSR count). The average molecular weight is 188 g/mol. The molecule has 0 spiro atoms. The lowest BCUT2D eigenvalue weighted by atomic mass is 10.0. The first-order valence-electron chi connectivity index (χ1n) is 4.95. The predicted octanol–water partition coefficient (Wildman–Crippen LogP) is 0.674. The second-order valence-corrected chi connectivity index (χ2v) is 4.73. The summed E-state index contributed by atoms with van der Waals surface area (Å²) in [4.78, 5) is 2.18. The van der Waals surface area contributed by atoms with E-state index in [0.717, 1.165) is 19.0 Å².